The Hall–Kier alpha value is -1.57. The summed E-state index contributed by atoms with van der Waals surface area (Å²) in [6.45, 7) is 2.08. The molecule has 0 aliphatic carbocycles. The van der Waals surface area contributed by atoms with Gasteiger partial charge in [0.15, 0.2) is 0 Å². The van der Waals surface area contributed by atoms with Gasteiger partial charge in [-0.15, -0.1) is 11.3 Å². The van der Waals surface area contributed by atoms with Gasteiger partial charge in [0.2, 0.25) is 0 Å². The minimum Gasteiger partial charge on any atom is -0.375 e. The Bertz CT molecular complexity index is 560. The van der Waals surface area contributed by atoms with Gasteiger partial charge >= 0.3 is 0 Å². The predicted octanol–water partition coefficient (Wildman–Crippen LogP) is 4.23. The van der Waals surface area contributed by atoms with Crippen LogP contribution >= 0.6 is 22.9 Å². The SMILES string of the molecule is CCC(Nc1ccc(Cl)cc1C#N)c1nccs1. The van der Waals surface area contributed by atoms with E-state index in [0.29, 0.717) is 10.6 Å². The monoisotopic (exact) mass is 277 g/mol. The topological polar surface area (TPSA) is 48.7 Å². The molecule has 1 N–H and O–H groups in total. The zero-order chi connectivity index (χ0) is 13.0. The molecule has 0 fully saturated rings. The largest absolute Gasteiger partial charge is 0.375 e. The van der Waals surface area contributed by atoms with Crippen LogP contribution in [0.15, 0.2) is 29.8 Å². The number of halogens is 1. The number of nitriles is 1. The highest BCUT2D eigenvalue weighted by Gasteiger charge is 2.13. The van der Waals surface area contributed by atoms with Crippen molar-refractivity contribution in [1.82, 2.24) is 4.98 Å². The van der Waals surface area contributed by atoms with Crippen LogP contribution < -0.4 is 5.32 Å². The second-order valence-electron chi connectivity index (χ2n) is 3.78. The van der Waals surface area contributed by atoms with Crippen LogP contribution in [-0.2, 0) is 0 Å². The molecule has 1 atom stereocenters. The summed E-state index contributed by atoms with van der Waals surface area (Å²) < 4.78 is 0. The molecule has 5 heteroatoms. The number of hydrogen-bond donors (Lipinski definition) is 1. The summed E-state index contributed by atoms with van der Waals surface area (Å²) in [6.07, 6.45) is 2.69. The first-order valence-corrected chi connectivity index (χ1v) is 6.86. The fourth-order valence-corrected chi connectivity index (χ4v) is 2.61. The molecule has 3 nitrogen and oxygen atoms in total. The summed E-state index contributed by atoms with van der Waals surface area (Å²) >= 11 is 7.49. The van der Waals surface area contributed by atoms with E-state index in [1.54, 1.807) is 29.7 Å². The highest BCUT2D eigenvalue weighted by atomic mass is 35.5. The van der Waals surface area contributed by atoms with E-state index < -0.39 is 0 Å². The second kappa shape index (κ2) is 5.85. The maximum absolute atomic E-state index is 9.10. The van der Waals surface area contributed by atoms with Gasteiger partial charge in [-0.3, -0.25) is 0 Å². The Kier molecular flexibility index (Phi) is 4.19. The van der Waals surface area contributed by atoms with E-state index in [0.717, 1.165) is 17.1 Å². The van der Waals surface area contributed by atoms with Crippen LogP contribution in [-0.4, -0.2) is 4.98 Å². The van der Waals surface area contributed by atoms with Gasteiger partial charge in [0.05, 0.1) is 17.3 Å². The Labute approximate surface area is 115 Å². The van der Waals surface area contributed by atoms with E-state index in [1.807, 2.05) is 11.4 Å². The van der Waals surface area contributed by atoms with E-state index in [2.05, 4.69) is 23.3 Å². The lowest BCUT2D eigenvalue weighted by Crippen LogP contribution is -2.10. The smallest absolute Gasteiger partial charge is 0.115 e. The summed E-state index contributed by atoms with van der Waals surface area (Å²) in [7, 11) is 0. The van der Waals surface area contributed by atoms with Crippen molar-refractivity contribution in [3.8, 4) is 6.07 Å². The Balaban J connectivity index is 2.25. The number of benzene rings is 1. The molecular formula is C13H12ClN3S. The number of hydrogen-bond acceptors (Lipinski definition) is 4. The van der Waals surface area contributed by atoms with Crippen molar-refractivity contribution < 1.29 is 0 Å². The molecule has 1 aromatic heterocycles. The third-order valence-corrected chi connectivity index (χ3v) is 3.71. The summed E-state index contributed by atoms with van der Waals surface area (Å²) in [5.41, 5.74) is 1.35. The van der Waals surface area contributed by atoms with Crippen LogP contribution in [0, 0.1) is 11.3 Å². The minimum absolute atomic E-state index is 0.123. The lowest BCUT2D eigenvalue weighted by Gasteiger charge is -2.16. The fourth-order valence-electron chi connectivity index (χ4n) is 1.67. The van der Waals surface area contributed by atoms with Gasteiger partial charge in [-0.05, 0) is 24.6 Å². The molecular weight excluding hydrogens is 266 g/mol. The molecule has 92 valence electrons. The van der Waals surface area contributed by atoms with Crippen LogP contribution in [0.4, 0.5) is 5.69 Å². The lowest BCUT2D eigenvalue weighted by molar-refractivity contribution is 0.742. The molecule has 0 amide bonds. The van der Waals surface area contributed by atoms with Crippen molar-refractivity contribution in [2.75, 3.05) is 5.32 Å². The molecule has 0 spiro atoms. The third-order valence-electron chi connectivity index (χ3n) is 2.59. The van der Waals surface area contributed by atoms with E-state index in [4.69, 9.17) is 16.9 Å². The number of anilines is 1. The molecule has 1 heterocycles. The van der Waals surface area contributed by atoms with Gasteiger partial charge in [-0.1, -0.05) is 18.5 Å². The minimum atomic E-state index is 0.123. The maximum atomic E-state index is 9.10. The zero-order valence-electron chi connectivity index (χ0n) is 9.85. The van der Waals surface area contributed by atoms with Crippen LogP contribution in [0.5, 0.6) is 0 Å². The molecule has 0 aliphatic rings. The third kappa shape index (κ3) is 2.81. The molecule has 1 aromatic carbocycles. The van der Waals surface area contributed by atoms with E-state index in [9.17, 15) is 0 Å². The molecule has 0 radical (unpaired) electrons. The van der Waals surface area contributed by atoms with E-state index in [1.165, 1.54) is 0 Å². The molecule has 0 aliphatic heterocycles. The first kappa shape index (κ1) is 12.9. The van der Waals surface area contributed by atoms with E-state index >= 15 is 0 Å². The normalized spacial score (nSPS) is 11.8. The molecule has 0 saturated carbocycles. The van der Waals surface area contributed by atoms with Crippen molar-refractivity contribution in [3.05, 3.63) is 45.4 Å². The fraction of sp³-hybridized carbons (Fsp3) is 0.231. The van der Waals surface area contributed by atoms with Gasteiger partial charge in [0.1, 0.15) is 11.1 Å². The predicted molar refractivity (Wildman–Crippen MR) is 74.9 cm³/mol. The summed E-state index contributed by atoms with van der Waals surface area (Å²) in [5, 5.41) is 16.0. The van der Waals surface area contributed by atoms with Crippen molar-refractivity contribution in [1.29, 1.82) is 5.26 Å². The second-order valence-corrected chi connectivity index (χ2v) is 5.14. The lowest BCUT2D eigenvalue weighted by atomic mass is 10.1. The number of aromatic nitrogens is 1. The van der Waals surface area contributed by atoms with Gasteiger partial charge in [-0.2, -0.15) is 5.26 Å². The maximum Gasteiger partial charge on any atom is 0.115 e. The first-order valence-electron chi connectivity index (χ1n) is 5.60. The Morgan fingerprint density at radius 2 is 2.39 bits per heavy atom. The number of nitrogens with one attached hydrogen (secondary N) is 1. The first-order chi connectivity index (χ1) is 8.74. The summed E-state index contributed by atoms with van der Waals surface area (Å²) in [6, 6.07) is 7.54. The van der Waals surface area contributed by atoms with Crippen molar-refractivity contribution >= 4 is 28.6 Å². The van der Waals surface area contributed by atoms with Gasteiger partial charge in [0.25, 0.3) is 0 Å². The van der Waals surface area contributed by atoms with E-state index in [-0.39, 0.29) is 6.04 Å². The van der Waals surface area contributed by atoms with Crippen LogP contribution in [0.3, 0.4) is 0 Å². The quantitative estimate of drug-likeness (QED) is 0.910. The average Bonchev–Trinajstić information content (AvgIpc) is 2.91. The molecule has 18 heavy (non-hydrogen) atoms. The van der Waals surface area contributed by atoms with Crippen molar-refractivity contribution in [3.63, 3.8) is 0 Å². The van der Waals surface area contributed by atoms with Crippen LogP contribution in [0.25, 0.3) is 0 Å². The molecule has 2 rings (SSSR count). The molecule has 2 aromatic rings. The summed E-state index contributed by atoms with van der Waals surface area (Å²) in [4.78, 5) is 4.30. The van der Waals surface area contributed by atoms with Gasteiger partial charge in [-0.25, -0.2) is 4.98 Å². The summed E-state index contributed by atoms with van der Waals surface area (Å²) in [5.74, 6) is 0. The number of thiazole rings is 1. The van der Waals surface area contributed by atoms with Crippen LogP contribution in [0.1, 0.15) is 30.0 Å². The molecule has 1 unspecified atom stereocenters. The van der Waals surface area contributed by atoms with Crippen molar-refractivity contribution in [2.45, 2.75) is 19.4 Å². The number of nitrogens with zero attached hydrogens (tertiary/aromatic N) is 2. The number of rotatable bonds is 4. The van der Waals surface area contributed by atoms with Crippen molar-refractivity contribution in [2.24, 2.45) is 0 Å². The van der Waals surface area contributed by atoms with Crippen LogP contribution in [0.2, 0.25) is 5.02 Å². The van der Waals surface area contributed by atoms with Gasteiger partial charge in [0, 0.05) is 16.6 Å². The highest BCUT2D eigenvalue weighted by molar-refractivity contribution is 7.09. The van der Waals surface area contributed by atoms with Gasteiger partial charge < -0.3 is 5.32 Å². The highest BCUT2D eigenvalue weighted by Crippen LogP contribution is 2.27. The zero-order valence-corrected chi connectivity index (χ0v) is 11.4. The Morgan fingerprint density at radius 3 is 3.00 bits per heavy atom. The Morgan fingerprint density at radius 1 is 1.56 bits per heavy atom. The average molecular weight is 278 g/mol. The molecule has 0 bridgehead atoms. The molecule has 0 saturated heterocycles. The standard InChI is InChI=1S/C13H12ClN3S/c1-2-11(13-16-5-6-18-13)17-12-4-3-10(14)7-9(12)8-15/h3-7,11,17H,2H2,1H3.